The first-order chi connectivity index (χ1) is 16.7. The molecule has 3 aromatic rings. The lowest BCUT2D eigenvalue weighted by molar-refractivity contribution is -0.113. The van der Waals surface area contributed by atoms with Gasteiger partial charge in [-0.25, -0.2) is 4.79 Å². The zero-order valence-electron chi connectivity index (χ0n) is 20.6. The van der Waals surface area contributed by atoms with Gasteiger partial charge in [-0.2, -0.15) is 0 Å². The quantitative estimate of drug-likeness (QED) is 0.404. The van der Waals surface area contributed by atoms with Crippen molar-refractivity contribution in [2.24, 2.45) is 5.92 Å². The molecule has 184 valence electrons. The zero-order chi connectivity index (χ0) is 25.2. The molecule has 1 unspecified atom stereocenters. The molecule has 2 aromatic carbocycles. The molecule has 3 atom stereocenters. The number of benzene rings is 2. The molecule has 1 aliphatic rings. The van der Waals surface area contributed by atoms with Crippen molar-refractivity contribution in [3.63, 3.8) is 0 Å². The number of rotatable bonds is 7. The second kappa shape index (κ2) is 9.89. The maximum atomic E-state index is 12.4. The minimum Gasteiger partial charge on any atom is -0.405 e. The average Bonchev–Trinajstić information content (AvgIpc) is 3.25. The zero-order valence-corrected chi connectivity index (χ0v) is 21.6. The highest BCUT2D eigenvalue weighted by molar-refractivity contribution is 6.99. The second-order valence-electron chi connectivity index (χ2n) is 10.1. The van der Waals surface area contributed by atoms with Crippen molar-refractivity contribution < 1.29 is 14.0 Å². The van der Waals surface area contributed by atoms with Crippen LogP contribution in [-0.4, -0.2) is 36.9 Å². The van der Waals surface area contributed by atoms with Crippen LogP contribution < -0.4 is 21.6 Å². The summed E-state index contributed by atoms with van der Waals surface area (Å²) in [4.78, 5) is 38.5. The first kappa shape index (κ1) is 25.0. The molecule has 0 aliphatic carbocycles. The lowest BCUT2D eigenvalue weighted by atomic mass is 10.0. The van der Waals surface area contributed by atoms with Crippen molar-refractivity contribution in [1.29, 1.82) is 0 Å². The maximum absolute atomic E-state index is 12.4. The number of aryl methyl sites for hydroxylation is 1. The fourth-order valence-electron chi connectivity index (χ4n) is 5.00. The SMILES string of the molecule is Cc1cn(C2C[C@H](C=O)[C@@H](CO[Si](c3ccccc3)(c3ccccc3)C(C)(C)C)O2)c(=O)[nH]c1=O. The summed E-state index contributed by atoms with van der Waals surface area (Å²) in [5.74, 6) is -0.433. The molecule has 1 saturated heterocycles. The molecular weight excluding hydrogens is 460 g/mol. The van der Waals surface area contributed by atoms with Gasteiger partial charge in [0.05, 0.1) is 12.7 Å². The number of nitrogens with one attached hydrogen (secondary N) is 1. The van der Waals surface area contributed by atoms with E-state index in [-0.39, 0.29) is 11.6 Å². The molecule has 0 spiro atoms. The molecule has 2 heterocycles. The largest absolute Gasteiger partial charge is 0.405 e. The molecule has 1 N–H and O–H groups in total. The van der Waals surface area contributed by atoms with E-state index in [1.54, 1.807) is 6.92 Å². The van der Waals surface area contributed by atoms with E-state index in [1.165, 1.54) is 10.8 Å². The number of hydrogen-bond donors (Lipinski definition) is 1. The Labute approximate surface area is 205 Å². The van der Waals surface area contributed by atoms with E-state index in [2.05, 4.69) is 50.0 Å². The van der Waals surface area contributed by atoms with Gasteiger partial charge in [-0.1, -0.05) is 81.4 Å². The van der Waals surface area contributed by atoms with Crippen molar-refractivity contribution in [2.45, 2.75) is 51.5 Å². The predicted molar refractivity (Wildman–Crippen MR) is 138 cm³/mol. The van der Waals surface area contributed by atoms with Crippen LogP contribution in [0.2, 0.25) is 5.04 Å². The molecule has 35 heavy (non-hydrogen) atoms. The van der Waals surface area contributed by atoms with Gasteiger partial charge in [0.15, 0.2) is 0 Å². The minimum atomic E-state index is -2.80. The summed E-state index contributed by atoms with van der Waals surface area (Å²) in [6.45, 7) is 8.42. The summed E-state index contributed by atoms with van der Waals surface area (Å²) in [6.07, 6.45) is 1.53. The molecule has 1 aliphatic heterocycles. The molecule has 0 radical (unpaired) electrons. The summed E-state index contributed by atoms with van der Waals surface area (Å²) in [5.41, 5.74) is -0.575. The number of hydrogen-bond acceptors (Lipinski definition) is 5. The van der Waals surface area contributed by atoms with Crippen molar-refractivity contribution in [3.8, 4) is 0 Å². The van der Waals surface area contributed by atoms with Gasteiger partial charge in [0.25, 0.3) is 13.9 Å². The van der Waals surface area contributed by atoms with Crippen LogP contribution >= 0.6 is 0 Å². The smallest absolute Gasteiger partial charge is 0.330 e. The van der Waals surface area contributed by atoms with Crippen LogP contribution in [0.1, 0.15) is 39.0 Å². The lowest BCUT2D eigenvalue weighted by Crippen LogP contribution is -2.67. The average molecular weight is 493 g/mol. The van der Waals surface area contributed by atoms with Gasteiger partial charge in [-0.3, -0.25) is 14.3 Å². The number of nitrogens with zero attached hydrogens (tertiary/aromatic N) is 1. The number of aromatic nitrogens is 2. The Morgan fingerprint density at radius 3 is 2.14 bits per heavy atom. The van der Waals surface area contributed by atoms with E-state index in [0.29, 0.717) is 12.0 Å². The lowest BCUT2D eigenvalue weighted by Gasteiger charge is -2.43. The van der Waals surface area contributed by atoms with Gasteiger partial charge in [-0.05, 0) is 22.3 Å². The third kappa shape index (κ3) is 4.74. The molecule has 7 nitrogen and oxygen atoms in total. The van der Waals surface area contributed by atoms with Crippen LogP contribution in [0.5, 0.6) is 0 Å². The van der Waals surface area contributed by atoms with Gasteiger partial charge < -0.3 is 14.0 Å². The van der Waals surface area contributed by atoms with Gasteiger partial charge >= 0.3 is 5.69 Å². The van der Waals surface area contributed by atoms with Gasteiger partial charge in [0, 0.05) is 24.1 Å². The number of H-pyrrole nitrogens is 1. The van der Waals surface area contributed by atoms with Crippen LogP contribution in [0.15, 0.2) is 76.4 Å². The number of aromatic amines is 1. The third-order valence-corrected chi connectivity index (χ3v) is 11.8. The highest BCUT2D eigenvalue weighted by Gasteiger charge is 2.51. The van der Waals surface area contributed by atoms with Crippen molar-refractivity contribution in [2.75, 3.05) is 6.61 Å². The standard InChI is InChI=1S/C27H32N2O5Si/c1-19-16-29(26(32)28-25(19)31)24-15-20(17-30)23(34-24)18-33-35(27(2,3)4,21-11-7-5-8-12-21)22-13-9-6-10-14-22/h5-14,16-17,20,23-24H,15,18H2,1-4H3,(H,28,31,32)/t20-,23-,24?/m1/s1. The van der Waals surface area contributed by atoms with Crippen LogP contribution in [0.3, 0.4) is 0 Å². The monoisotopic (exact) mass is 492 g/mol. The summed E-state index contributed by atoms with van der Waals surface area (Å²) < 4.78 is 14.5. The van der Waals surface area contributed by atoms with Gasteiger partial charge in [0.1, 0.15) is 12.5 Å². The summed E-state index contributed by atoms with van der Waals surface area (Å²) in [7, 11) is -2.80. The van der Waals surface area contributed by atoms with Crippen LogP contribution in [-0.2, 0) is 14.0 Å². The van der Waals surface area contributed by atoms with Gasteiger partial charge in [-0.15, -0.1) is 0 Å². The van der Waals surface area contributed by atoms with Gasteiger partial charge in [0.2, 0.25) is 0 Å². The molecule has 0 amide bonds. The fourth-order valence-corrected chi connectivity index (χ4v) is 9.57. The number of carbonyl (C=O) groups excluding carboxylic acids is 1. The third-order valence-electron chi connectivity index (χ3n) is 6.80. The number of carbonyl (C=O) groups is 1. The van der Waals surface area contributed by atoms with Crippen LogP contribution in [0, 0.1) is 12.8 Å². The van der Waals surface area contributed by atoms with E-state index in [4.69, 9.17) is 9.16 Å². The Balaban J connectivity index is 1.69. The van der Waals surface area contributed by atoms with E-state index in [0.717, 1.165) is 16.7 Å². The van der Waals surface area contributed by atoms with Crippen LogP contribution in [0.25, 0.3) is 0 Å². The van der Waals surface area contributed by atoms with Crippen molar-refractivity contribution in [1.82, 2.24) is 9.55 Å². The normalized spacial score (nSPS) is 20.6. The maximum Gasteiger partial charge on any atom is 0.330 e. The summed E-state index contributed by atoms with van der Waals surface area (Å²) >= 11 is 0. The first-order valence-electron chi connectivity index (χ1n) is 11.8. The summed E-state index contributed by atoms with van der Waals surface area (Å²) in [5, 5.41) is 2.07. The Morgan fingerprint density at radius 2 is 1.63 bits per heavy atom. The molecular formula is C27H32N2O5Si. The molecule has 4 rings (SSSR count). The molecule has 0 saturated carbocycles. The van der Waals surface area contributed by atoms with E-state index < -0.39 is 37.8 Å². The molecule has 1 fully saturated rings. The van der Waals surface area contributed by atoms with E-state index in [9.17, 15) is 14.4 Å². The Kier molecular flexibility index (Phi) is 7.07. The Morgan fingerprint density at radius 1 is 1.06 bits per heavy atom. The Hall–Kier alpha value is -3.07. The highest BCUT2D eigenvalue weighted by atomic mass is 28.4. The summed E-state index contributed by atoms with van der Waals surface area (Å²) in [6, 6.07) is 20.5. The fraction of sp³-hybridized carbons (Fsp3) is 0.370. The molecule has 1 aromatic heterocycles. The minimum absolute atomic E-state index is 0.211. The van der Waals surface area contributed by atoms with E-state index >= 15 is 0 Å². The van der Waals surface area contributed by atoms with Crippen molar-refractivity contribution >= 4 is 25.0 Å². The molecule has 0 bridgehead atoms. The van der Waals surface area contributed by atoms with E-state index in [1.807, 2.05) is 36.4 Å². The highest BCUT2D eigenvalue weighted by Crippen LogP contribution is 2.38. The second-order valence-corrected chi connectivity index (χ2v) is 14.4. The number of aldehydes is 1. The number of ether oxygens (including phenoxy) is 1. The van der Waals surface area contributed by atoms with Crippen molar-refractivity contribution in [3.05, 3.63) is 93.3 Å². The Bertz CT molecular complexity index is 1240. The topological polar surface area (TPSA) is 90.4 Å². The van der Waals surface area contributed by atoms with Crippen LogP contribution in [0.4, 0.5) is 0 Å². The molecule has 8 heteroatoms. The first-order valence-corrected chi connectivity index (χ1v) is 13.8. The predicted octanol–water partition coefficient (Wildman–Crippen LogP) is 2.52.